The van der Waals surface area contributed by atoms with Gasteiger partial charge in [-0.05, 0) is 31.5 Å². The molecule has 0 spiro atoms. The number of hydrogen-bond acceptors (Lipinski definition) is 6. The number of hydrogen-bond donors (Lipinski definition) is 1. The van der Waals surface area contributed by atoms with E-state index >= 15 is 0 Å². The Bertz CT molecular complexity index is 773. The van der Waals surface area contributed by atoms with Gasteiger partial charge in [-0.25, -0.2) is 13.4 Å². The number of thiazole rings is 1. The van der Waals surface area contributed by atoms with Gasteiger partial charge in [0, 0.05) is 43.4 Å². The minimum absolute atomic E-state index is 0.158. The molecular weight excluding hydrogens is 346 g/mol. The summed E-state index contributed by atoms with van der Waals surface area (Å²) in [6.07, 6.45) is 1.51. The second-order valence-corrected chi connectivity index (χ2v) is 9.30. The van der Waals surface area contributed by atoms with Gasteiger partial charge in [0.2, 0.25) is 4.34 Å². The van der Waals surface area contributed by atoms with Crippen LogP contribution >= 0.6 is 11.3 Å². The summed E-state index contributed by atoms with van der Waals surface area (Å²) in [6, 6.07) is 7.76. The number of benzene rings is 1. The third kappa shape index (κ3) is 3.46. The summed E-state index contributed by atoms with van der Waals surface area (Å²) in [5.41, 5.74) is 1.03. The molecule has 1 aliphatic rings. The van der Waals surface area contributed by atoms with Crippen LogP contribution in [0.25, 0.3) is 0 Å². The van der Waals surface area contributed by atoms with Crippen molar-refractivity contribution in [1.82, 2.24) is 9.29 Å². The van der Waals surface area contributed by atoms with Crippen LogP contribution in [0.15, 0.2) is 40.2 Å². The van der Waals surface area contributed by atoms with Crippen molar-refractivity contribution in [3.63, 3.8) is 0 Å². The summed E-state index contributed by atoms with van der Waals surface area (Å²) in [4.78, 5) is 6.08. The number of nitrogens with zero attached hydrogens (tertiary/aromatic N) is 3. The van der Waals surface area contributed by atoms with Gasteiger partial charge in [0.1, 0.15) is 0 Å². The predicted molar refractivity (Wildman–Crippen MR) is 94.8 cm³/mol. The van der Waals surface area contributed by atoms with Gasteiger partial charge in [-0.2, -0.15) is 4.31 Å². The van der Waals surface area contributed by atoms with Crippen LogP contribution in [0.2, 0.25) is 0 Å². The number of sulfonamides is 1. The molecule has 1 fully saturated rings. The second-order valence-electron chi connectivity index (χ2n) is 6.30. The van der Waals surface area contributed by atoms with Gasteiger partial charge in [-0.3, -0.25) is 0 Å². The molecule has 1 aromatic heterocycles. The Labute approximate surface area is 146 Å². The van der Waals surface area contributed by atoms with Crippen LogP contribution in [0.1, 0.15) is 19.4 Å². The number of piperazine rings is 1. The highest BCUT2D eigenvalue weighted by Gasteiger charge is 2.30. The Balaban J connectivity index is 1.67. The lowest BCUT2D eigenvalue weighted by atomic mass is 9.98. The highest BCUT2D eigenvalue weighted by Crippen LogP contribution is 2.25. The van der Waals surface area contributed by atoms with Crippen molar-refractivity contribution in [3.8, 4) is 0 Å². The van der Waals surface area contributed by atoms with E-state index in [1.807, 2.05) is 24.3 Å². The van der Waals surface area contributed by atoms with Gasteiger partial charge in [0.15, 0.2) is 0 Å². The topological polar surface area (TPSA) is 73.7 Å². The zero-order valence-electron chi connectivity index (χ0n) is 13.7. The average molecular weight is 367 g/mol. The maximum atomic E-state index is 12.5. The van der Waals surface area contributed by atoms with Crippen molar-refractivity contribution in [3.05, 3.63) is 41.4 Å². The fourth-order valence-corrected chi connectivity index (χ4v) is 5.10. The maximum absolute atomic E-state index is 12.5. The monoisotopic (exact) mass is 367 g/mol. The molecule has 6 nitrogen and oxygen atoms in total. The molecule has 8 heteroatoms. The lowest BCUT2D eigenvalue weighted by Gasteiger charge is -2.35. The summed E-state index contributed by atoms with van der Waals surface area (Å²) in [6.45, 7) is 5.65. The standard InChI is InChI=1S/C16H21N3O3S2/c1-16(2,20)13-3-5-14(6-4-13)18-8-10-19(11-9-18)24(21,22)15-17-7-12-23-15/h3-7,12,20H,8-11H2,1-2H3. The molecule has 0 atom stereocenters. The highest BCUT2D eigenvalue weighted by atomic mass is 32.2. The van der Waals surface area contributed by atoms with Crippen LogP contribution in [-0.2, 0) is 15.6 Å². The summed E-state index contributed by atoms with van der Waals surface area (Å²) in [7, 11) is -3.47. The van der Waals surface area contributed by atoms with Crippen LogP contribution < -0.4 is 4.90 Å². The maximum Gasteiger partial charge on any atom is 0.270 e. The molecule has 24 heavy (non-hydrogen) atoms. The predicted octanol–water partition coefficient (Wildman–Crippen LogP) is 1.88. The molecule has 1 aliphatic heterocycles. The molecule has 3 rings (SSSR count). The molecule has 1 N–H and O–H groups in total. The Kier molecular flexibility index (Phi) is 4.65. The van der Waals surface area contributed by atoms with E-state index in [1.165, 1.54) is 10.5 Å². The van der Waals surface area contributed by atoms with Crippen molar-refractivity contribution in [1.29, 1.82) is 0 Å². The number of aromatic nitrogens is 1. The van der Waals surface area contributed by atoms with Gasteiger partial charge in [-0.15, -0.1) is 11.3 Å². The molecule has 0 aliphatic carbocycles. The quantitative estimate of drug-likeness (QED) is 0.893. The first-order valence-corrected chi connectivity index (χ1v) is 10.1. The molecule has 0 unspecified atom stereocenters. The zero-order chi connectivity index (χ0) is 17.4. The largest absolute Gasteiger partial charge is 0.386 e. The van der Waals surface area contributed by atoms with Crippen molar-refractivity contribution in [2.75, 3.05) is 31.1 Å². The Morgan fingerprint density at radius 2 is 1.75 bits per heavy atom. The van der Waals surface area contributed by atoms with Crippen molar-refractivity contribution < 1.29 is 13.5 Å². The third-order valence-electron chi connectivity index (χ3n) is 4.15. The summed E-state index contributed by atoms with van der Waals surface area (Å²) >= 11 is 1.15. The minimum atomic E-state index is -3.47. The summed E-state index contributed by atoms with van der Waals surface area (Å²) < 4.78 is 26.6. The molecular formula is C16H21N3O3S2. The van der Waals surface area contributed by atoms with Crippen molar-refractivity contribution >= 4 is 27.0 Å². The fraction of sp³-hybridized carbons (Fsp3) is 0.438. The number of aliphatic hydroxyl groups is 1. The third-order valence-corrected chi connectivity index (χ3v) is 7.22. The van der Waals surface area contributed by atoms with Gasteiger partial charge in [0.25, 0.3) is 10.0 Å². The van der Waals surface area contributed by atoms with Crippen LogP contribution in [-0.4, -0.2) is 49.0 Å². The van der Waals surface area contributed by atoms with Gasteiger partial charge >= 0.3 is 0 Å². The second kappa shape index (κ2) is 6.44. The number of anilines is 1. The first-order chi connectivity index (χ1) is 11.3. The van der Waals surface area contributed by atoms with Crippen molar-refractivity contribution in [2.45, 2.75) is 23.8 Å². The van der Waals surface area contributed by atoms with E-state index in [1.54, 1.807) is 19.2 Å². The average Bonchev–Trinajstić information content (AvgIpc) is 3.10. The Morgan fingerprint density at radius 1 is 1.12 bits per heavy atom. The minimum Gasteiger partial charge on any atom is -0.386 e. The van der Waals surface area contributed by atoms with E-state index in [2.05, 4.69) is 9.88 Å². The van der Waals surface area contributed by atoms with Crippen LogP contribution in [0.4, 0.5) is 5.69 Å². The van der Waals surface area contributed by atoms with Crippen molar-refractivity contribution in [2.24, 2.45) is 0 Å². The van der Waals surface area contributed by atoms with E-state index in [0.29, 0.717) is 26.2 Å². The van der Waals surface area contributed by atoms with Gasteiger partial charge in [0.05, 0.1) is 5.60 Å². The van der Waals surface area contributed by atoms with Gasteiger partial charge < -0.3 is 10.0 Å². The molecule has 1 saturated heterocycles. The normalized spacial score (nSPS) is 17.2. The summed E-state index contributed by atoms with van der Waals surface area (Å²) in [5, 5.41) is 11.7. The molecule has 0 bridgehead atoms. The molecule has 0 saturated carbocycles. The lowest BCUT2D eigenvalue weighted by molar-refractivity contribution is 0.0786. The first kappa shape index (κ1) is 17.3. The fourth-order valence-electron chi connectivity index (χ4n) is 2.71. The van der Waals surface area contributed by atoms with E-state index in [-0.39, 0.29) is 4.34 Å². The molecule has 2 heterocycles. The smallest absolute Gasteiger partial charge is 0.270 e. The molecule has 2 aromatic rings. The van der Waals surface area contributed by atoms with E-state index in [0.717, 1.165) is 22.6 Å². The lowest BCUT2D eigenvalue weighted by Crippen LogP contribution is -2.48. The van der Waals surface area contributed by atoms with E-state index in [4.69, 9.17) is 0 Å². The molecule has 0 amide bonds. The highest BCUT2D eigenvalue weighted by molar-refractivity contribution is 7.91. The molecule has 0 radical (unpaired) electrons. The van der Waals surface area contributed by atoms with Gasteiger partial charge in [-0.1, -0.05) is 12.1 Å². The Hall–Kier alpha value is -1.48. The summed E-state index contributed by atoms with van der Waals surface area (Å²) in [5.74, 6) is 0. The first-order valence-electron chi connectivity index (χ1n) is 7.76. The van der Waals surface area contributed by atoms with E-state index < -0.39 is 15.6 Å². The van der Waals surface area contributed by atoms with E-state index in [9.17, 15) is 13.5 Å². The molecule has 130 valence electrons. The molecule has 1 aromatic carbocycles. The van der Waals surface area contributed by atoms with Crippen LogP contribution in [0.3, 0.4) is 0 Å². The van der Waals surface area contributed by atoms with Crippen LogP contribution in [0, 0.1) is 0 Å². The Morgan fingerprint density at radius 3 is 2.25 bits per heavy atom. The number of rotatable bonds is 4. The van der Waals surface area contributed by atoms with Crippen LogP contribution in [0.5, 0.6) is 0 Å². The zero-order valence-corrected chi connectivity index (χ0v) is 15.3. The SMILES string of the molecule is CC(C)(O)c1ccc(N2CCN(S(=O)(=O)c3nccs3)CC2)cc1.